The van der Waals surface area contributed by atoms with Crippen LogP contribution >= 0.6 is 0 Å². The van der Waals surface area contributed by atoms with Crippen LogP contribution in [0.2, 0.25) is 0 Å². The number of fused-ring (bicyclic) bond motifs is 2. The van der Waals surface area contributed by atoms with Crippen molar-refractivity contribution in [2.75, 3.05) is 43.4 Å². The number of hydrogen-bond donors (Lipinski definition) is 3. The molecule has 1 aliphatic carbocycles. The first-order valence-corrected chi connectivity index (χ1v) is 15.9. The summed E-state index contributed by atoms with van der Waals surface area (Å²) in [5.74, 6) is -2.40. The van der Waals surface area contributed by atoms with Crippen molar-refractivity contribution >= 4 is 32.6 Å². The van der Waals surface area contributed by atoms with Gasteiger partial charge in [-0.3, -0.25) is 4.72 Å². The van der Waals surface area contributed by atoms with Gasteiger partial charge in [0.2, 0.25) is 5.95 Å². The number of aliphatic hydroxyl groups is 1. The summed E-state index contributed by atoms with van der Waals surface area (Å²) in [6.07, 6.45) is 2.92. The zero-order chi connectivity index (χ0) is 31.0. The van der Waals surface area contributed by atoms with E-state index in [0.29, 0.717) is 23.5 Å². The highest BCUT2D eigenvalue weighted by Crippen LogP contribution is 2.38. The second-order valence-electron chi connectivity index (χ2n) is 11.1. The topological polar surface area (TPSA) is 117 Å². The van der Waals surface area contributed by atoms with E-state index in [1.54, 1.807) is 19.4 Å². The lowest BCUT2D eigenvalue weighted by Crippen LogP contribution is -2.40. The minimum absolute atomic E-state index is 0.163. The first kappa shape index (κ1) is 30.3. The normalized spacial score (nSPS) is 17.6. The van der Waals surface area contributed by atoms with Gasteiger partial charge in [-0.05, 0) is 78.8 Å². The summed E-state index contributed by atoms with van der Waals surface area (Å²) in [4.78, 5) is 10.9. The molecule has 0 bridgehead atoms. The monoisotopic (exact) mass is 627 g/mol. The molecule has 0 amide bonds. The summed E-state index contributed by atoms with van der Waals surface area (Å²) in [5, 5.41) is 14.0. The molecule has 6 rings (SSSR count). The fourth-order valence-electron chi connectivity index (χ4n) is 5.93. The number of rotatable bonds is 9. The van der Waals surface area contributed by atoms with E-state index in [1.807, 2.05) is 0 Å². The van der Waals surface area contributed by atoms with Crippen LogP contribution in [0.3, 0.4) is 0 Å². The quantitative estimate of drug-likeness (QED) is 0.237. The molecule has 9 nitrogen and oxygen atoms in total. The summed E-state index contributed by atoms with van der Waals surface area (Å²) in [5.41, 5.74) is 0.256. The van der Waals surface area contributed by atoms with Gasteiger partial charge in [-0.15, -0.1) is 0 Å². The highest BCUT2D eigenvalue weighted by atomic mass is 32.2. The maximum absolute atomic E-state index is 15.8. The lowest BCUT2D eigenvalue weighted by atomic mass is 10.0. The minimum atomic E-state index is -4.48. The standard InChI is InChI=1S/C31H32F3N5O4S/c1-43-13-12-39-10-8-21(9-11-39)36-31-35-17-19-14-18(2-5-25(19)37-31)29-24(33)4-6-26(30(29)34)38-44(41,42)28-16-20(32)15-23-22(28)3-7-27(23)40/h2,4-6,14-17,21,27,38,40H,3,7-13H2,1H3,(H,35,36,37). The van der Waals surface area contributed by atoms with Gasteiger partial charge in [0.1, 0.15) is 11.6 Å². The van der Waals surface area contributed by atoms with Crippen molar-refractivity contribution in [3.63, 3.8) is 0 Å². The third kappa shape index (κ3) is 6.09. The number of anilines is 2. The van der Waals surface area contributed by atoms with Crippen molar-refractivity contribution in [3.8, 4) is 11.1 Å². The molecule has 1 aromatic heterocycles. The molecule has 1 saturated heterocycles. The molecule has 13 heteroatoms. The van der Waals surface area contributed by atoms with Crippen LogP contribution in [0.25, 0.3) is 22.0 Å². The maximum Gasteiger partial charge on any atom is 0.262 e. The fourth-order valence-corrected chi connectivity index (χ4v) is 7.30. The van der Waals surface area contributed by atoms with E-state index in [4.69, 9.17) is 4.74 Å². The van der Waals surface area contributed by atoms with Crippen molar-refractivity contribution < 1.29 is 31.4 Å². The lowest BCUT2D eigenvalue weighted by Gasteiger charge is -2.32. The van der Waals surface area contributed by atoms with E-state index < -0.39 is 49.7 Å². The van der Waals surface area contributed by atoms with Gasteiger partial charge in [0.05, 0.1) is 34.4 Å². The van der Waals surface area contributed by atoms with E-state index in [-0.39, 0.29) is 35.6 Å². The van der Waals surface area contributed by atoms with Gasteiger partial charge >= 0.3 is 0 Å². The first-order chi connectivity index (χ1) is 21.1. The average Bonchev–Trinajstić information content (AvgIpc) is 3.37. The van der Waals surface area contributed by atoms with E-state index in [0.717, 1.165) is 56.7 Å². The largest absolute Gasteiger partial charge is 0.388 e. The number of ether oxygens (including phenoxy) is 1. The van der Waals surface area contributed by atoms with Crippen molar-refractivity contribution in [3.05, 3.63) is 77.2 Å². The van der Waals surface area contributed by atoms with Crippen molar-refractivity contribution in [2.45, 2.75) is 42.7 Å². The zero-order valence-electron chi connectivity index (χ0n) is 24.0. The smallest absolute Gasteiger partial charge is 0.262 e. The highest BCUT2D eigenvalue weighted by Gasteiger charge is 2.30. The maximum atomic E-state index is 15.8. The number of hydrogen-bond acceptors (Lipinski definition) is 8. The summed E-state index contributed by atoms with van der Waals surface area (Å²) in [6.45, 7) is 3.48. The van der Waals surface area contributed by atoms with Crippen LogP contribution in [-0.4, -0.2) is 67.8 Å². The Balaban J connectivity index is 1.23. The van der Waals surface area contributed by atoms with E-state index >= 15 is 8.78 Å². The minimum Gasteiger partial charge on any atom is -0.388 e. The second kappa shape index (κ2) is 12.3. The highest BCUT2D eigenvalue weighted by molar-refractivity contribution is 7.92. The predicted octanol–water partition coefficient (Wildman–Crippen LogP) is 5.02. The number of methoxy groups -OCH3 is 1. The summed E-state index contributed by atoms with van der Waals surface area (Å²) >= 11 is 0. The number of nitrogens with one attached hydrogen (secondary N) is 2. The second-order valence-corrected chi connectivity index (χ2v) is 12.8. The Bertz CT molecular complexity index is 1820. The number of likely N-dealkylation sites (tertiary alicyclic amines) is 1. The molecule has 2 heterocycles. The van der Waals surface area contributed by atoms with Gasteiger partial charge in [-0.2, -0.15) is 0 Å². The van der Waals surface area contributed by atoms with Crippen LogP contribution in [0.5, 0.6) is 0 Å². The number of piperidine rings is 1. The van der Waals surface area contributed by atoms with Gasteiger partial charge in [0, 0.05) is 44.4 Å². The number of benzene rings is 3. The van der Waals surface area contributed by atoms with Crippen molar-refractivity contribution in [1.29, 1.82) is 0 Å². The van der Waals surface area contributed by atoms with E-state index in [9.17, 15) is 17.9 Å². The van der Waals surface area contributed by atoms with E-state index in [1.165, 1.54) is 12.1 Å². The molecule has 44 heavy (non-hydrogen) atoms. The molecule has 0 spiro atoms. The summed E-state index contributed by atoms with van der Waals surface area (Å²) < 4.78 is 78.9. The third-order valence-corrected chi connectivity index (χ3v) is 9.69. The van der Waals surface area contributed by atoms with Crippen LogP contribution in [0, 0.1) is 17.5 Å². The van der Waals surface area contributed by atoms with Crippen molar-refractivity contribution in [2.24, 2.45) is 0 Å². The molecule has 2 aliphatic rings. The predicted molar refractivity (Wildman–Crippen MR) is 160 cm³/mol. The number of aliphatic hydroxyl groups excluding tert-OH is 1. The first-order valence-electron chi connectivity index (χ1n) is 14.4. The Morgan fingerprint density at radius 2 is 1.86 bits per heavy atom. The number of halogens is 3. The molecule has 1 fully saturated rings. The molecule has 3 N–H and O–H groups in total. The van der Waals surface area contributed by atoms with Gasteiger partial charge in [0.25, 0.3) is 10.0 Å². The van der Waals surface area contributed by atoms with Gasteiger partial charge < -0.3 is 20.1 Å². The molecule has 1 atom stereocenters. The van der Waals surface area contributed by atoms with Crippen LogP contribution in [0.4, 0.5) is 24.8 Å². The fraction of sp³-hybridized carbons (Fsp3) is 0.355. The van der Waals surface area contributed by atoms with Gasteiger partial charge in [0.15, 0.2) is 5.82 Å². The van der Waals surface area contributed by atoms with Gasteiger partial charge in [-0.1, -0.05) is 6.07 Å². The molecular weight excluding hydrogens is 595 g/mol. The van der Waals surface area contributed by atoms with Crippen molar-refractivity contribution in [1.82, 2.24) is 14.9 Å². The van der Waals surface area contributed by atoms with Gasteiger partial charge in [-0.25, -0.2) is 31.6 Å². The Kier molecular flexibility index (Phi) is 8.46. The van der Waals surface area contributed by atoms with E-state index in [2.05, 4.69) is 24.9 Å². The Morgan fingerprint density at radius 3 is 2.64 bits per heavy atom. The summed E-state index contributed by atoms with van der Waals surface area (Å²) in [7, 11) is -2.78. The molecule has 1 aliphatic heterocycles. The summed E-state index contributed by atoms with van der Waals surface area (Å²) in [6, 6.07) is 8.76. The van der Waals surface area contributed by atoms with Crippen LogP contribution in [-0.2, 0) is 21.2 Å². The number of sulfonamides is 1. The molecule has 0 saturated carbocycles. The molecule has 0 radical (unpaired) electrons. The lowest BCUT2D eigenvalue weighted by molar-refractivity contribution is 0.132. The molecular formula is C31H32F3N5O4S. The third-order valence-electron chi connectivity index (χ3n) is 8.26. The SMILES string of the molecule is COCCN1CCC(Nc2ncc3cc(-c4c(F)ccc(NS(=O)(=O)c5cc(F)cc6c5CCC6O)c4F)ccc3n2)CC1. The number of nitrogens with zero attached hydrogens (tertiary/aromatic N) is 3. The molecule has 3 aromatic carbocycles. The van der Waals surface area contributed by atoms with Crippen LogP contribution < -0.4 is 10.0 Å². The van der Waals surface area contributed by atoms with Crippen LogP contribution in [0.1, 0.15) is 36.5 Å². The Labute approximate surface area is 253 Å². The molecule has 1 unspecified atom stereocenters. The Morgan fingerprint density at radius 1 is 1.07 bits per heavy atom. The van der Waals surface area contributed by atoms with Crippen LogP contribution in [0.15, 0.2) is 53.6 Å². The zero-order valence-corrected chi connectivity index (χ0v) is 24.8. The molecule has 232 valence electrons. The number of aromatic nitrogens is 2. The molecule has 4 aromatic rings. The Hall–Kier alpha value is -3.78. The average molecular weight is 628 g/mol.